The number of rotatable bonds is 7. The van der Waals surface area contributed by atoms with E-state index in [2.05, 4.69) is 4.90 Å². The van der Waals surface area contributed by atoms with Crippen LogP contribution in [-0.2, 0) is 4.79 Å². The predicted molar refractivity (Wildman–Crippen MR) is 65.9 cm³/mol. The fourth-order valence-electron chi connectivity index (χ4n) is 2.43. The number of amides is 1. The molecule has 1 amide bonds. The number of primary amides is 1. The van der Waals surface area contributed by atoms with Gasteiger partial charge in [-0.1, -0.05) is 19.8 Å². The Hall–Kier alpha value is -0.610. The lowest BCUT2D eigenvalue weighted by molar-refractivity contribution is -0.122. The van der Waals surface area contributed by atoms with E-state index in [1.165, 1.54) is 25.7 Å². The second-order valence-electron chi connectivity index (χ2n) is 4.88. The third kappa shape index (κ3) is 4.10. The lowest BCUT2D eigenvalue weighted by Gasteiger charge is -2.30. The first-order valence-electron chi connectivity index (χ1n) is 6.38. The summed E-state index contributed by atoms with van der Waals surface area (Å²) in [6, 6.07) is 0.647. The van der Waals surface area contributed by atoms with Crippen LogP contribution in [0.15, 0.2) is 0 Å². The van der Waals surface area contributed by atoms with Crippen molar-refractivity contribution in [3.63, 3.8) is 0 Å². The second kappa shape index (κ2) is 6.86. The largest absolute Gasteiger partial charge is 0.369 e. The van der Waals surface area contributed by atoms with Gasteiger partial charge in [-0.15, -0.1) is 0 Å². The number of hydrogen-bond acceptors (Lipinski definition) is 3. The van der Waals surface area contributed by atoms with Gasteiger partial charge in [0, 0.05) is 18.5 Å². The molecule has 1 rings (SSSR count). The Labute approximate surface area is 98.3 Å². The Morgan fingerprint density at radius 2 is 2.06 bits per heavy atom. The third-order valence-corrected chi connectivity index (χ3v) is 3.48. The van der Waals surface area contributed by atoms with E-state index < -0.39 is 0 Å². The van der Waals surface area contributed by atoms with Gasteiger partial charge in [-0.05, 0) is 32.4 Å². The molecule has 0 heterocycles. The molecule has 1 atom stereocenters. The normalized spacial score (nSPS) is 19.2. The van der Waals surface area contributed by atoms with Gasteiger partial charge < -0.3 is 11.5 Å². The SMILES string of the molecule is CC(CN(CCCN)C1CCCC1)C(N)=O. The van der Waals surface area contributed by atoms with Crippen LogP contribution in [0.5, 0.6) is 0 Å². The molecule has 0 aromatic carbocycles. The van der Waals surface area contributed by atoms with Gasteiger partial charge in [-0.25, -0.2) is 0 Å². The van der Waals surface area contributed by atoms with Gasteiger partial charge in [0.2, 0.25) is 5.91 Å². The zero-order valence-corrected chi connectivity index (χ0v) is 10.3. The van der Waals surface area contributed by atoms with Gasteiger partial charge in [-0.3, -0.25) is 9.69 Å². The molecular formula is C12H25N3O. The highest BCUT2D eigenvalue weighted by Crippen LogP contribution is 2.24. The average molecular weight is 227 g/mol. The second-order valence-corrected chi connectivity index (χ2v) is 4.88. The molecular weight excluding hydrogens is 202 g/mol. The van der Waals surface area contributed by atoms with Crippen molar-refractivity contribution in [1.29, 1.82) is 0 Å². The molecule has 4 nitrogen and oxygen atoms in total. The first-order chi connectivity index (χ1) is 7.65. The first-order valence-corrected chi connectivity index (χ1v) is 6.38. The molecule has 0 aromatic rings. The molecule has 4 heteroatoms. The molecule has 0 aromatic heterocycles. The zero-order chi connectivity index (χ0) is 12.0. The van der Waals surface area contributed by atoms with E-state index in [0.717, 1.165) is 19.5 Å². The molecule has 1 unspecified atom stereocenters. The van der Waals surface area contributed by atoms with Crippen LogP contribution in [0.25, 0.3) is 0 Å². The molecule has 1 aliphatic rings. The topological polar surface area (TPSA) is 72.3 Å². The van der Waals surface area contributed by atoms with E-state index >= 15 is 0 Å². The minimum absolute atomic E-state index is 0.0571. The maximum absolute atomic E-state index is 11.1. The predicted octanol–water partition coefficient (Wildman–Crippen LogP) is 0.701. The highest BCUT2D eigenvalue weighted by atomic mass is 16.1. The fourth-order valence-corrected chi connectivity index (χ4v) is 2.43. The Kier molecular flexibility index (Phi) is 5.77. The standard InChI is InChI=1S/C12H25N3O/c1-10(12(14)16)9-15(8-4-7-13)11-5-2-3-6-11/h10-11H,2-9,13H2,1H3,(H2,14,16). The average Bonchev–Trinajstić information content (AvgIpc) is 2.76. The van der Waals surface area contributed by atoms with Crippen LogP contribution in [-0.4, -0.2) is 36.5 Å². The van der Waals surface area contributed by atoms with Crippen molar-refractivity contribution >= 4 is 5.91 Å². The maximum Gasteiger partial charge on any atom is 0.221 e. The molecule has 94 valence electrons. The molecule has 0 aliphatic heterocycles. The number of carbonyl (C=O) groups excluding carboxylic acids is 1. The maximum atomic E-state index is 11.1. The number of hydrogen-bond donors (Lipinski definition) is 2. The van der Waals surface area contributed by atoms with Crippen molar-refractivity contribution in [2.75, 3.05) is 19.6 Å². The molecule has 0 saturated heterocycles. The van der Waals surface area contributed by atoms with Crippen molar-refractivity contribution in [2.24, 2.45) is 17.4 Å². The zero-order valence-electron chi connectivity index (χ0n) is 10.3. The van der Waals surface area contributed by atoms with Crippen LogP contribution in [0, 0.1) is 5.92 Å². The summed E-state index contributed by atoms with van der Waals surface area (Å²) in [5.41, 5.74) is 10.9. The number of nitrogens with zero attached hydrogens (tertiary/aromatic N) is 1. The van der Waals surface area contributed by atoms with Gasteiger partial charge in [0.1, 0.15) is 0 Å². The van der Waals surface area contributed by atoms with Gasteiger partial charge in [-0.2, -0.15) is 0 Å². The molecule has 1 aliphatic carbocycles. The first kappa shape index (κ1) is 13.5. The summed E-state index contributed by atoms with van der Waals surface area (Å²) < 4.78 is 0. The number of nitrogens with two attached hydrogens (primary N) is 2. The van der Waals surface area contributed by atoms with Crippen LogP contribution in [0.1, 0.15) is 39.0 Å². The van der Waals surface area contributed by atoms with Gasteiger partial charge in [0.15, 0.2) is 0 Å². The summed E-state index contributed by atoms with van der Waals surface area (Å²) in [6.45, 7) is 4.42. The van der Waals surface area contributed by atoms with Gasteiger partial charge >= 0.3 is 0 Å². The Bertz CT molecular complexity index is 214. The van der Waals surface area contributed by atoms with Crippen molar-refractivity contribution in [3.05, 3.63) is 0 Å². The summed E-state index contributed by atoms with van der Waals surface area (Å²) in [5, 5.41) is 0. The third-order valence-electron chi connectivity index (χ3n) is 3.48. The van der Waals surface area contributed by atoms with Crippen molar-refractivity contribution in [3.8, 4) is 0 Å². The lowest BCUT2D eigenvalue weighted by Crippen LogP contribution is -2.41. The summed E-state index contributed by atoms with van der Waals surface area (Å²) in [5.74, 6) is -0.255. The highest BCUT2D eigenvalue weighted by Gasteiger charge is 2.24. The van der Waals surface area contributed by atoms with Crippen molar-refractivity contribution < 1.29 is 4.79 Å². The van der Waals surface area contributed by atoms with Crippen LogP contribution in [0.3, 0.4) is 0 Å². The van der Waals surface area contributed by atoms with E-state index in [9.17, 15) is 4.79 Å². The molecule has 0 spiro atoms. The molecule has 0 radical (unpaired) electrons. The fraction of sp³-hybridized carbons (Fsp3) is 0.917. The van der Waals surface area contributed by atoms with Crippen LogP contribution in [0.4, 0.5) is 0 Å². The van der Waals surface area contributed by atoms with Crippen molar-refractivity contribution in [1.82, 2.24) is 4.90 Å². The molecule has 4 N–H and O–H groups in total. The van der Waals surface area contributed by atoms with E-state index in [0.29, 0.717) is 12.6 Å². The highest BCUT2D eigenvalue weighted by molar-refractivity contribution is 5.76. The van der Waals surface area contributed by atoms with E-state index in [-0.39, 0.29) is 11.8 Å². The van der Waals surface area contributed by atoms with E-state index in [4.69, 9.17) is 11.5 Å². The minimum atomic E-state index is -0.198. The van der Waals surface area contributed by atoms with Crippen LogP contribution < -0.4 is 11.5 Å². The van der Waals surface area contributed by atoms with Crippen LogP contribution >= 0.6 is 0 Å². The van der Waals surface area contributed by atoms with Gasteiger partial charge in [0.05, 0.1) is 0 Å². The quantitative estimate of drug-likeness (QED) is 0.672. The smallest absolute Gasteiger partial charge is 0.221 e. The molecule has 0 bridgehead atoms. The molecule has 16 heavy (non-hydrogen) atoms. The monoisotopic (exact) mass is 227 g/mol. The van der Waals surface area contributed by atoms with E-state index in [1.807, 2.05) is 6.92 Å². The van der Waals surface area contributed by atoms with Crippen LogP contribution in [0.2, 0.25) is 0 Å². The summed E-state index contributed by atoms with van der Waals surface area (Å²) in [6.07, 6.45) is 6.15. The lowest BCUT2D eigenvalue weighted by atomic mass is 10.1. The Morgan fingerprint density at radius 1 is 1.44 bits per heavy atom. The molecule has 1 saturated carbocycles. The summed E-state index contributed by atoms with van der Waals surface area (Å²) in [4.78, 5) is 13.5. The summed E-state index contributed by atoms with van der Waals surface area (Å²) >= 11 is 0. The van der Waals surface area contributed by atoms with Gasteiger partial charge in [0.25, 0.3) is 0 Å². The Balaban J connectivity index is 2.45. The minimum Gasteiger partial charge on any atom is -0.369 e. The van der Waals surface area contributed by atoms with Crippen molar-refractivity contribution in [2.45, 2.75) is 45.1 Å². The van der Waals surface area contributed by atoms with E-state index in [1.54, 1.807) is 0 Å². The molecule has 1 fully saturated rings. The Morgan fingerprint density at radius 3 is 2.56 bits per heavy atom. The summed E-state index contributed by atoms with van der Waals surface area (Å²) in [7, 11) is 0. The number of carbonyl (C=O) groups is 1.